The molecule has 1 aromatic heterocycles. The van der Waals surface area contributed by atoms with Crippen molar-refractivity contribution in [2.45, 2.75) is 22.0 Å². The quantitative estimate of drug-likeness (QED) is 0.173. The monoisotopic (exact) mass is 793 g/mol. The molecule has 2 aliphatic carbocycles. The zero-order chi connectivity index (χ0) is 39.1. The molecule has 0 saturated heterocycles. The van der Waals surface area contributed by atoms with E-state index in [-0.39, 0.29) is 0 Å². The van der Waals surface area contributed by atoms with Gasteiger partial charge in [-0.15, -0.1) is 11.8 Å². The second-order valence-electron chi connectivity index (χ2n) is 15.6. The van der Waals surface area contributed by atoms with Crippen LogP contribution in [-0.4, -0.2) is 5.25 Å². The zero-order valence-corrected chi connectivity index (χ0v) is 33.6. The summed E-state index contributed by atoms with van der Waals surface area (Å²) < 4.78 is 6.70. The predicted octanol–water partition coefficient (Wildman–Crippen LogP) is 15.6. The van der Waals surface area contributed by atoms with Crippen LogP contribution in [0.2, 0.25) is 0 Å². The lowest BCUT2D eigenvalue weighted by atomic mass is 9.64. The lowest BCUT2D eigenvalue weighted by Crippen LogP contribution is -2.38. The van der Waals surface area contributed by atoms with E-state index >= 15 is 0 Å². The third kappa shape index (κ3) is 5.21. The smallest absolute Gasteiger partial charge is 0.145 e. The summed E-state index contributed by atoms with van der Waals surface area (Å²) in [6.07, 6.45) is 5.36. The first-order valence-electron chi connectivity index (χ1n) is 20.2. The van der Waals surface area contributed by atoms with Gasteiger partial charge in [-0.05, 0) is 117 Å². The van der Waals surface area contributed by atoms with Gasteiger partial charge in [-0.25, -0.2) is 0 Å². The number of hydrogen-bond donors (Lipinski definition) is 0. The van der Waals surface area contributed by atoms with Gasteiger partial charge in [-0.3, -0.25) is 0 Å². The first-order valence-corrected chi connectivity index (χ1v) is 21.5. The molecule has 9 aromatic rings. The summed E-state index contributed by atoms with van der Waals surface area (Å²) in [6.45, 7) is 0. The Morgan fingerprint density at radius 1 is 0.559 bits per heavy atom. The molecule has 280 valence electrons. The van der Waals surface area contributed by atoms with Crippen LogP contribution in [-0.2, 0) is 5.41 Å². The van der Waals surface area contributed by atoms with Crippen LogP contribution in [0.5, 0.6) is 0 Å². The van der Waals surface area contributed by atoms with E-state index in [0.717, 1.165) is 61.6 Å². The third-order valence-corrected chi connectivity index (χ3v) is 14.1. The summed E-state index contributed by atoms with van der Waals surface area (Å²) in [7, 11) is 0. The normalized spacial score (nSPS) is 17.5. The molecule has 2 unspecified atom stereocenters. The highest BCUT2D eigenvalue weighted by Crippen LogP contribution is 2.64. The van der Waals surface area contributed by atoms with Crippen LogP contribution >= 0.6 is 23.4 Å². The highest BCUT2D eigenvalue weighted by Gasteiger charge is 2.53. The fraction of sp³-hybridized carbons (Fsp3) is 0.0545. The Morgan fingerprint density at radius 2 is 1.22 bits per heavy atom. The number of hydrogen-bond acceptors (Lipinski definition) is 3. The number of para-hydroxylation sites is 2. The minimum absolute atomic E-state index is 0.305. The first kappa shape index (κ1) is 34.5. The number of benzene rings is 8. The molecule has 12 rings (SSSR count). The minimum atomic E-state index is -0.433. The SMILES string of the molecule is ClC1=CCC2Sc3ccccc3C3(C2=C1)c1ccccc1-c1ccc(-c2ccc(N(c4ccccc4)c4ccc(-c5ccccc5)c5oc6ccccc6c45)cc2)cc13. The maximum absolute atomic E-state index is 6.89. The van der Waals surface area contributed by atoms with E-state index in [9.17, 15) is 0 Å². The molecule has 59 heavy (non-hydrogen) atoms. The number of thioether (sulfide) groups is 1. The molecule has 1 aliphatic heterocycles. The third-order valence-electron chi connectivity index (χ3n) is 12.5. The Hall–Kier alpha value is -6.52. The van der Waals surface area contributed by atoms with Crippen molar-refractivity contribution in [3.8, 4) is 33.4 Å². The average molecular weight is 794 g/mol. The molecule has 0 fully saturated rings. The molecule has 4 heteroatoms. The van der Waals surface area contributed by atoms with Crippen molar-refractivity contribution in [1.82, 2.24) is 0 Å². The topological polar surface area (TPSA) is 16.4 Å². The van der Waals surface area contributed by atoms with Gasteiger partial charge in [0.2, 0.25) is 0 Å². The Labute approximate surface area is 352 Å². The molecule has 0 bridgehead atoms. The fourth-order valence-corrected chi connectivity index (χ4v) is 11.6. The molecule has 1 spiro atoms. The number of anilines is 3. The maximum atomic E-state index is 6.89. The van der Waals surface area contributed by atoms with Crippen molar-refractivity contribution in [3.63, 3.8) is 0 Å². The van der Waals surface area contributed by atoms with Gasteiger partial charge in [-0.2, -0.15) is 0 Å². The summed E-state index contributed by atoms with van der Waals surface area (Å²) in [5, 5.41) is 3.32. The van der Waals surface area contributed by atoms with Crippen LogP contribution in [0.15, 0.2) is 220 Å². The molecule has 0 N–H and O–H groups in total. The second-order valence-corrected chi connectivity index (χ2v) is 17.3. The Balaban J connectivity index is 1.02. The first-order chi connectivity index (χ1) is 29.2. The van der Waals surface area contributed by atoms with Gasteiger partial charge >= 0.3 is 0 Å². The standard InChI is InChI=1S/C55H36ClNOS/c56-38-26-32-52-48(34-38)55(46-20-10-12-22-51(46)59-52)45-19-9-7-17-42(45)43-29-25-37(33-47(43)55)35-23-27-40(28-24-35)57(39-15-5-2-6-16-39)49-31-30-41(36-13-3-1-4-14-36)54-53(49)44-18-8-11-21-50(44)58-54/h1-31,33-34,52H,32H2. The zero-order valence-electron chi connectivity index (χ0n) is 32.0. The van der Waals surface area contributed by atoms with E-state index < -0.39 is 5.41 Å². The summed E-state index contributed by atoms with van der Waals surface area (Å²) in [5.74, 6) is 0. The van der Waals surface area contributed by atoms with E-state index in [1.54, 1.807) is 0 Å². The largest absolute Gasteiger partial charge is 0.455 e. The molecule has 0 saturated carbocycles. The molecule has 2 atom stereocenters. The average Bonchev–Trinajstić information content (AvgIpc) is 3.82. The number of rotatable bonds is 5. The number of nitrogens with zero attached hydrogens (tertiary/aromatic N) is 1. The Morgan fingerprint density at radius 3 is 2.07 bits per heavy atom. The van der Waals surface area contributed by atoms with Crippen LogP contribution in [0, 0.1) is 0 Å². The van der Waals surface area contributed by atoms with Crippen LogP contribution in [0.1, 0.15) is 23.1 Å². The highest BCUT2D eigenvalue weighted by molar-refractivity contribution is 8.00. The van der Waals surface area contributed by atoms with E-state index in [1.165, 1.54) is 49.4 Å². The number of fused-ring (bicyclic) bond motifs is 12. The molecule has 0 radical (unpaired) electrons. The van der Waals surface area contributed by atoms with Crippen molar-refractivity contribution < 1.29 is 4.42 Å². The second kappa shape index (κ2) is 13.5. The maximum Gasteiger partial charge on any atom is 0.145 e. The van der Waals surface area contributed by atoms with Gasteiger partial charge in [0.1, 0.15) is 11.2 Å². The molecule has 8 aromatic carbocycles. The van der Waals surface area contributed by atoms with E-state index in [4.69, 9.17) is 16.0 Å². The van der Waals surface area contributed by atoms with Crippen LogP contribution in [0.4, 0.5) is 17.1 Å². The van der Waals surface area contributed by atoms with E-state index in [0.29, 0.717) is 5.25 Å². The van der Waals surface area contributed by atoms with Crippen molar-refractivity contribution >= 4 is 62.4 Å². The van der Waals surface area contributed by atoms with Gasteiger partial charge in [0, 0.05) is 37.5 Å². The van der Waals surface area contributed by atoms with Crippen molar-refractivity contribution in [2.24, 2.45) is 0 Å². The summed E-state index contributed by atoms with van der Waals surface area (Å²) in [4.78, 5) is 3.71. The summed E-state index contributed by atoms with van der Waals surface area (Å²) in [6, 6.07) is 68.2. The van der Waals surface area contributed by atoms with Gasteiger partial charge in [0.05, 0.1) is 16.5 Å². The Bertz CT molecular complexity index is 3180. The summed E-state index contributed by atoms with van der Waals surface area (Å²) >= 11 is 8.87. The number of halogens is 1. The van der Waals surface area contributed by atoms with Crippen molar-refractivity contribution in [1.29, 1.82) is 0 Å². The lowest BCUT2D eigenvalue weighted by Gasteiger charge is -2.45. The van der Waals surface area contributed by atoms with Crippen LogP contribution in [0.3, 0.4) is 0 Å². The van der Waals surface area contributed by atoms with Gasteiger partial charge in [-0.1, -0.05) is 151 Å². The molecule has 3 aliphatic rings. The van der Waals surface area contributed by atoms with Crippen LogP contribution in [0.25, 0.3) is 55.3 Å². The highest BCUT2D eigenvalue weighted by atomic mass is 35.5. The summed E-state index contributed by atoms with van der Waals surface area (Å²) in [5.41, 5.74) is 17.1. The molecule has 2 heterocycles. The Kier molecular flexibility index (Phi) is 7.91. The molecule has 0 amide bonds. The molecular formula is C55H36ClNOS. The minimum Gasteiger partial charge on any atom is -0.455 e. The van der Waals surface area contributed by atoms with E-state index in [1.807, 2.05) is 17.8 Å². The molecule has 2 nitrogen and oxygen atoms in total. The number of allylic oxidation sites excluding steroid dienone is 3. The van der Waals surface area contributed by atoms with Crippen molar-refractivity contribution in [2.75, 3.05) is 4.90 Å². The van der Waals surface area contributed by atoms with Crippen LogP contribution < -0.4 is 4.90 Å². The molecular weight excluding hydrogens is 758 g/mol. The van der Waals surface area contributed by atoms with Gasteiger partial charge in [0.15, 0.2) is 0 Å². The predicted molar refractivity (Wildman–Crippen MR) is 247 cm³/mol. The van der Waals surface area contributed by atoms with Gasteiger partial charge < -0.3 is 9.32 Å². The number of furan rings is 1. The lowest BCUT2D eigenvalue weighted by molar-refractivity contribution is 0.670. The van der Waals surface area contributed by atoms with Gasteiger partial charge in [0.25, 0.3) is 0 Å². The van der Waals surface area contributed by atoms with Crippen molar-refractivity contribution in [3.05, 3.63) is 228 Å². The van der Waals surface area contributed by atoms with E-state index in [2.05, 4.69) is 199 Å². The fourth-order valence-electron chi connectivity index (χ4n) is 10.0.